The smallest absolute Gasteiger partial charge is 0.388 e. The Kier molecular flexibility index (Phi) is 4.78. The number of nitrogens with one attached hydrogen (secondary N) is 1. The van der Waals surface area contributed by atoms with Crippen LogP contribution < -0.4 is 17.0 Å². The third-order valence-electron chi connectivity index (χ3n) is 4.34. The van der Waals surface area contributed by atoms with E-state index in [-0.39, 0.29) is 23.7 Å². The first kappa shape index (κ1) is 19.4. The minimum absolute atomic E-state index is 0.133. The minimum Gasteiger partial charge on any atom is -0.388 e. The van der Waals surface area contributed by atoms with Crippen molar-refractivity contribution in [3.8, 4) is 0 Å². The number of hydrogen-bond donors (Lipinski definition) is 4. The number of aromatic nitrogens is 4. The molecule has 1 aliphatic heterocycles. The molecule has 3 heterocycles. The minimum atomic E-state index is -4.96. The van der Waals surface area contributed by atoms with Gasteiger partial charge in [-0.1, -0.05) is 6.92 Å². The van der Waals surface area contributed by atoms with E-state index < -0.39 is 48.4 Å². The number of nitrogen functional groups attached to an aromatic ring is 1. The number of imidazole rings is 1. The molecule has 0 spiro atoms. The van der Waals surface area contributed by atoms with Gasteiger partial charge in [-0.05, 0) is 6.42 Å². The second-order valence-corrected chi connectivity index (χ2v) is 6.28. The number of hydrogen-bond acceptors (Lipinski definition) is 7. The van der Waals surface area contributed by atoms with Crippen LogP contribution in [0.4, 0.5) is 19.1 Å². The van der Waals surface area contributed by atoms with Crippen molar-refractivity contribution in [3.63, 3.8) is 0 Å². The van der Waals surface area contributed by atoms with E-state index in [1.54, 1.807) is 6.92 Å². The van der Waals surface area contributed by atoms with Crippen LogP contribution in [0.3, 0.4) is 0 Å². The van der Waals surface area contributed by atoms with Gasteiger partial charge in [0, 0.05) is 13.0 Å². The average Bonchev–Trinajstić information content (AvgIpc) is 3.04. The van der Waals surface area contributed by atoms with E-state index in [0.717, 1.165) is 9.13 Å². The molecule has 1 aliphatic rings. The fourth-order valence-electron chi connectivity index (χ4n) is 3.19. The number of aryl methyl sites for hydroxylation is 1. The Morgan fingerprint density at radius 3 is 2.70 bits per heavy atom. The molecule has 1 fully saturated rings. The van der Waals surface area contributed by atoms with Gasteiger partial charge in [-0.15, -0.1) is 0 Å². The number of halogens is 3. The average molecular weight is 393 g/mol. The number of aliphatic hydroxyl groups is 2. The number of ether oxygens (including phenoxy) is 1. The number of nitrogens with zero attached hydrogens (tertiary/aromatic N) is 3. The highest BCUT2D eigenvalue weighted by molar-refractivity contribution is 5.71. The summed E-state index contributed by atoms with van der Waals surface area (Å²) in [5, 5.41) is 19.6. The Bertz CT molecular complexity index is 965. The number of H-pyrrole nitrogens is 1. The fourth-order valence-corrected chi connectivity index (χ4v) is 3.19. The molecule has 27 heavy (non-hydrogen) atoms. The first-order valence-electron chi connectivity index (χ1n) is 8.15. The number of anilines is 1. The van der Waals surface area contributed by atoms with Gasteiger partial charge in [-0.2, -0.15) is 18.2 Å². The van der Waals surface area contributed by atoms with E-state index in [0.29, 0.717) is 6.42 Å². The zero-order valence-corrected chi connectivity index (χ0v) is 14.1. The van der Waals surface area contributed by atoms with E-state index in [9.17, 15) is 33.0 Å². The molecule has 13 heteroatoms. The maximum atomic E-state index is 12.8. The predicted octanol–water partition coefficient (Wildman–Crippen LogP) is -0.550. The van der Waals surface area contributed by atoms with E-state index in [2.05, 4.69) is 9.97 Å². The van der Waals surface area contributed by atoms with Crippen LogP contribution >= 0.6 is 0 Å². The Labute approximate surface area is 149 Å². The second-order valence-electron chi connectivity index (χ2n) is 6.28. The maximum absolute atomic E-state index is 12.8. The summed E-state index contributed by atoms with van der Waals surface area (Å²) in [6.07, 6.45) is -12.7. The first-order valence-corrected chi connectivity index (χ1v) is 8.15. The van der Waals surface area contributed by atoms with Gasteiger partial charge in [0.05, 0.1) is 6.10 Å². The molecule has 0 amide bonds. The molecule has 0 bridgehead atoms. The predicted molar refractivity (Wildman–Crippen MR) is 85.9 cm³/mol. The molecule has 0 radical (unpaired) electrons. The fraction of sp³-hybridized carbons (Fsp3) is 0.643. The Morgan fingerprint density at radius 1 is 1.44 bits per heavy atom. The molecule has 1 saturated heterocycles. The Hall–Kier alpha value is -2.38. The molecule has 10 nitrogen and oxygen atoms in total. The van der Waals surface area contributed by atoms with Crippen LogP contribution in [0.15, 0.2) is 9.59 Å². The van der Waals surface area contributed by atoms with Gasteiger partial charge in [0.15, 0.2) is 23.5 Å². The summed E-state index contributed by atoms with van der Waals surface area (Å²) in [6.45, 7) is 1.89. The van der Waals surface area contributed by atoms with Gasteiger partial charge < -0.3 is 20.7 Å². The molecule has 5 N–H and O–H groups in total. The highest BCUT2D eigenvalue weighted by Gasteiger charge is 2.50. The largest absolute Gasteiger partial charge is 0.416 e. The molecule has 1 unspecified atom stereocenters. The molecule has 2 aromatic heterocycles. The van der Waals surface area contributed by atoms with Crippen LogP contribution in [-0.2, 0) is 11.3 Å². The van der Waals surface area contributed by atoms with Crippen LogP contribution in [0, 0.1) is 0 Å². The molecule has 4 atom stereocenters. The van der Waals surface area contributed by atoms with Gasteiger partial charge in [0.25, 0.3) is 5.56 Å². The van der Waals surface area contributed by atoms with Crippen LogP contribution in [0.1, 0.15) is 26.0 Å². The molecule has 2 aromatic rings. The molecule has 3 rings (SSSR count). The first-order chi connectivity index (χ1) is 12.6. The van der Waals surface area contributed by atoms with Crippen molar-refractivity contribution in [3.05, 3.63) is 20.8 Å². The van der Waals surface area contributed by atoms with Crippen molar-refractivity contribution in [2.24, 2.45) is 0 Å². The lowest BCUT2D eigenvalue weighted by Gasteiger charge is -2.21. The Morgan fingerprint density at radius 2 is 2.11 bits per heavy atom. The molecular weight excluding hydrogens is 375 g/mol. The number of aromatic amines is 1. The highest BCUT2D eigenvalue weighted by Crippen LogP contribution is 2.36. The third-order valence-corrected chi connectivity index (χ3v) is 4.34. The number of aliphatic hydroxyl groups excluding tert-OH is 2. The number of fused-ring (bicyclic) bond motifs is 1. The zero-order chi connectivity index (χ0) is 20.1. The van der Waals surface area contributed by atoms with Crippen LogP contribution in [0.25, 0.3) is 11.2 Å². The number of rotatable bonds is 4. The topological polar surface area (TPSA) is 148 Å². The standard InChI is InChI=1S/C14H18F3N5O5/c1-2-3-21-7-9(19-12(18)20-10(7)25)22(13(21)26)11-5(23)4-6(27-11)8(24)14(15,16)17/h5-6,8,11,23-24H,2-4H2,1H3,(H3,18,19,20,25)/t5-,6+,8?,11-/m1/s1. The number of alkyl halides is 3. The summed E-state index contributed by atoms with van der Waals surface area (Å²) in [4.78, 5) is 31.1. The van der Waals surface area contributed by atoms with Gasteiger partial charge >= 0.3 is 11.9 Å². The summed E-state index contributed by atoms with van der Waals surface area (Å²) in [6, 6.07) is 0. The van der Waals surface area contributed by atoms with E-state index in [1.807, 2.05) is 0 Å². The summed E-state index contributed by atoms with van der Waals surface area (Å²) in [5.41, 5.74) is 3.66. The monoisotopic (exact) mass is 393 g/mol. The van der Waals surface area contributed by atoms with Gasteiger partial charge in [-0.25, -0.2) is 9.36 Å². The summed E-state index contributed by atoms with van der Waals surface area (Å²) < 4.78 is 45.3. The SMILES string of the molecule is CCCn1c(=O)n([C@@H]2O[C@H](C(O)C(F)(F)F)C[C@H]2O)c2nc(N)[nH]c(=O)c21. The zero-order valence-electron chi connectivity index (χ0n) is 14.1. The molecule has 150 valence electrons. The number of nitrogens with two attached hydrogens (primary N) is 1. The quantitative estimate of drug-likeness (QED) is 0.545. The maximum Gasteiger partial charge on any atom is 0.416 e. The van der Waals surface area contributed by atoms with E-state index >= 15 is 0 Å². The molecule has 0 aromatic carbocycles. The molecule has 0 saturated carbocycles. The van der Waals surface area contributed by atoms with E-state index in [1.165, 1.54) is 0 Å². The van der Waals surface area contributed by atoms with Gasteiger partial charge in [0.2, 0.25) is 5.95 Å². The lowest BCUT2D eigenvalue weighted by molar-refractivity contribution is -0.237. The molecular formula is C14H18F3N5O5. The van der Waals surface area contributed by atoms with Crippen molar-refractivity contribution in [2.75, 3.05) is 5.73 Å². The normalized spacial score (nSPS) is 24.6. The third kappa shape index (κ3) is 3.21. The molecule has 0 aliphatic carbocycles. The Balaban J connectivity index is 2.13. The summed E-state index contributed by atoms with van der Waals surface area (Å²) in [5.74, 6) is -0.311. The van der Waals surface area contributed by atoms with E-state index in [4.69, 9.17) is 10.5 Å². The van der Waals surface area contributed by atoms with Gasteiger partial charge in [-0.3, -0.25) is 14.3 Å². The van der Waals surface area contributed by atoms with Crippen LogP contribution in [0.5, 0.6) is 0 Å². The van der Waals surface area contributed by atoms with Crippen molar-refractivity contribution >= 4 is 17.1 Å². The summed E-state index contributed by atoms with van der Waals surface area (Å²) in [7, 11) is 0. The highest BCUT2D eigenvalue weighted by atomic mass is 19.4. The lowest BCUT2D eigenvalue weighted by Crippen LogP contribution is -2.39. The van der Waals surface area contributed by atoms with Crippen LogP contribution in [0.2, 0.25) is 0 Å². The van der Waals surface area contributed by atoms with Crippen molar-refractivity contribution in [2.45, 2.75) is 57.0 Å². The van der Waals surface area contributed by atoms with Crippen LogP contribution in [-0.4, -0.2) is 53.8 Å². The van der Waals surface area contributed by atoms with Gasteiger partial charge in [0.1, 0.15) is 6.10 Å². The van der Waals surface area contributed by atoms with Crippen molar-refractivity contribution in [1.29, 1.82) is 0 Å². The van der Waals surface area contributed by atoms with Crippen molar-refractivity contribution < 1.29 is 28.1 Å². The lowest BCUT2D eigenvalue weighted by atomic mass is 10.1. The second kappa shape index (κ2) is 6.65. The van der Waals surface area contributed by atoms with Crippen molar-refractivity contribution in [1.82, 2.24) is 19.1 Å². The summed E-state index contributed by atoms with van der Waals surface area (Å²) >= 11 is 0.